The molecule has 1 aliphatic carbocycles. The summed E-state index contributed by atoms with van der Waals surface area (Å²) in [5.74, 6) is 0.976. The van der Waals surface area contributed by atoms with E-state index in [-0.39, 0.29) is 0 Å². The topological polar surface area (TPSA) is 24.9 Å². The molecule has 1 aromatic heterocycles. The number of nitrogens with one attached hydrogen (secondary N) is 1. The van der Waals surface area contributed by atoms with Gasteiger partial charge in [0.25, 0.3) is 0 Å². The Kier molecular flexibility index (Phi) is 2.93. The van der Waals surface area contributed by atoms with Crippen LogP contribution in [0.4, 0.5) is 0 Å². The van der Waals surface area contributed by atoms with E-state index in [0.29, 0.717) is 0 Å². The summed E-state index contributed by atoms with van der Waals surface area (Å²) in [5, 5.41) is 3.46. The van der Waals surface area contributed by atoms with Crippen LogP contribution in [0.25, 0.3) is 0 Å². The number of hydrogen-bond acceptors (Lipinski definition) is 2. The van der Waals surface area contributed by atoms with Gasteiger partial charge in [-0.25, -0.2) is 0 Å². The summed E-state index contributed by atoms with van der Waals surface area (Å²) in [4.78, 5) is 4.27. The molecule has 0 aliphatic heterocycles. The highest BCUT2D eigenvalue weighted by atomic mass is 14.9. The lowest BCUT2D eigenvalue weighted by Gasteiger charge is -2.02. The van der Waals surface area contributed by atoms with Crippen molar-refractivity contribution in [2.24, 2.45) is 5.92 Å². The van der Waals surface area contributed by atoms with E-state index >= 15 is 0 Å². The third kappa shape index (κ3) is 3.15. The molecule has 0 radical (unpaired) electrons. The highest BCUT2D eigenvalue weighted by Crippen LogP contribution is 2.27. The van der Waals surface area contributed by atoms with Gasteiger partial charge in [-0.3, -0.25) is 4.98 Å². The molecule has 2 heteroatoms. The Balaban J connectivity index is 1.61. The van der Waals surface area contributed by atoms with Gasteiger partial charge in [-0.2, -0.15) is 0 Å². The molecule has 0 saturated heterocycles. The second-order valence-electron chi connectivity index (χ2n) is 3.72. The molecule has 1 aliphatic rings. The largest absolute Gasteiger partial charge is 0.316 e. The zero-order valence-corrected chi connectivity index (χ0v) is 7.87. The number of nitrogens with zero attached hydrogens (tertiary/aromatic N) is 1. The van der Waals surface area contributed by atoms with Crippen LogP contribution >= 0.6 is 0 Å². The van der Waals surface area contributed by atoms with Crippen LogP contribution < -0.4 is 5.32 Å². The molecule has 70 valence electrons. The van der Waals surface area contributed by atoms with Gasteiger partial charge in [-0.05, 0) is 37.4 Å². The number of aromatic nitrogens is 1. The van der Waals surface area contributed by atoms with Crippen LogP contribution in [-0.2, 0) is 6.42 Å². The molecule has 0 amide bonds. The van der Waals surface area contributed by atoms with Crippen molar-refractivity contribution in [3.63, 3.8) is 0 Å². The maximum atomic E-state index is 4.27. The number of hydrogen-bond donors (Lipinski definition) is 1. The molecule has 0 atom stereocenters. The lowest BCUT2D eigenvalue weighted by Crippen LogP contribution is -2.20. The van der Waals surface area contributed by atoms with E-state index in [9.17, 15) is 0 Å². The van der Waals surface area contributed by atoms with E-state index in [1.807, 2.05) is 18.3 Å². The Hall–Kier alpha value is -0.890. The minimum absolute atomic E-state index is 0.976. The van der Waals surface area contributed by atoms with E-state index in [0.717, 1.165) is 18.9 Å². The van der Waals surface area contributed by atoms with Crippen molar-refractivity contribution in [1.29, 1.82) is 0 Å². The molecule has 1 N–H and O–H groups in total. The predicted molar refractivity (Wildman–Crippen MR) is 53.5 cm³/mol. The van der Waals surface area contributed by atoms with Gasteiger partial charge in [0.05, 0.1) is 0 Å². The van der Waals surface area contributed by atoms with Gasteiger partial charge in [0, 0.05) is 24.9 Å². The van der Waals surface area contributed by atoms with Gasteiger partial charge in [0.15, 0.2) is 0 Å². The third-order valence-corrected chi connectivity index (χ3v) is 2.41. The summed E-state index contributed by atoms with van der Waals surface area (Å²) in [6.45, 7) is 2.26. The fourth-order valence-electron chi connectivity index (χ4n) is 1.39. The van der Waals surface area contributed by atoms with Gasteiger partial charge >= 0.3 is 0 Å². The van der Waals surface area contributed by atoms with Gasteiger partial charge in [-0.15, -0.1) is 0 Å². The van der Waals surface area contributed by atoms with Gasteiger partial charge in [0.2, 0.25) is 0 Å². The Labute approximate surface area is 79.4 Å². The molecule has 1 aromatic rings. The molecule has 1 heterocycles. The SMILES string of the molecule is c1ccc(CCNCC2CC2)nc1. The van der Waals surface area contributed by atoms with Crippen LogP contribution in [0, 0.1) is 5.92 Å². The summed E-state index contributed by atoms with van der Waals surface area (Å²) in [5.41, 5.74) is 1.19. The first-order chi connectivity index (χ1) is 6.45. The van der Waals surface area contributed by atoms with Crippen molar-refractivity contribution in [1.82, 2.24) is 10.3 Å². The minimum atomic E-state index is 0.976. The van der Waals surface area contributed by atoms with Crippen LogP contribution in [0.5, 0.6) is 0 Å². The van der Waals surface area contributed by atoms with Crippen LogP contribution in [0.2, 0.25) is 0 Å². The maximum Gasteiger partial charge on any atom is 0.0416 e. The molecule has 0 aromatic carbocycles. The average Bonchev–Trinajstić information content (AvgIpc) is 2.98. The van der Waals surface area contributed by atoms with Gasteiger partial charge < -0.3 is 5.32 Å². The van der Waals surface area contributed by atoms with Crippen LogP contribution in [0.1, 0.15) is 18.5 Å². The molecule has 1 saturated carbocycles. The normalized spacial score (nSPS) is 16.0. The first-order valence-corrected chi connectivity index (χ1v) is 5.06. The van der Waals surface area contributed by atoms with Crippen molar-refractivity contribution in [2.45, 2.75) is 19.3 Å². The predicted octanol–water partition coefficient (Wildman–Crippen LogP) is 1.62. The standard InChI is InChI=1S/C11H16N2/c1-2-7-13-11(3-1)6-8-12-9-10-4-5-10/h1-3,7,10,12H,4-6,8-9H2. The van der Waals surface area contributed by atoms with E-state index in [4.69, 9.17) is 0 Å². The summed E-state index contributed by atoms with van der Waals surface area (Å²) in [6, 6.07) is 6.09. The monoisotopic (exact) mass is 176 g/mol. The second kappa shape index (κ2) is 4.38. The van der Waals surface area contributed by atoms with Crippen molar-refractivity contribution in [3.05, 3.63) is 30.1 Å². The Bertz CT molecular complexity index is 242. The van der Waals surface area contributed by atoms with Gasteiger partial charge in [0.1, 0.15) is 0 Å². The second-order valence-corrected chi connectivity index (χ2v) is 3.72. The lowest BCUT2D eigenvalue weighted by atomic mass is 10.2. The van der Waals surface area contributed by atoms with Crippen LogP contribution in [0.15, 0.2) is 24.4 Å². The summed E-state index contributed by atoms with van der Waals surface area (Å²) < 4.78 is 0. The average molecular weight is 176 g/mol. The molecule has 2 nitrogen and oxygen atoms in total. The van der Waals surface area contributed by atoms with Crippen LogP contribution in [0.3, 0.4) is 0 Å². The van der Waals surface area contributed by atoms with E-state index in [1.165, 1.54) is 25.1 Å². The molecule has 1 fully saturated rings. The van der Waals surface area contributed by atoms with Crippen molar-refractivity contribution < 1.29 is 0 Å². The Morgan fingerprint density at radius 1 is 1.38 bits per heavy atom. The molecule has 2 rings (SSSR count). The van der Waals surface area contributed by atoms with Crippen molar-refractivity contribution >= 4 is 0 Å². The molecular weight excluding hydrogens is 160 g/mol. The molecule has 0 spiro atoms. The summed E-state index contributed by atoms with van der Waals surface area (Å²) in [7, 11) is 0. The maximum absolute atomic E-state index is 4.27. The number of pyridine rings is 1. The Morgan fingerprint density at radius 3 is 3.00 bits per heavy atom. The zero-order valence-electron chi connectivity index (χ0n) is 7.87. The minimum Gasteiger partial charge on any atom is -0.316 e. The fraction of sp³-hybridized carbons (Fsp3) is 0.545. The smallest absolute Gasteiger partial charge is 0.0416 e. The van der Waals surface area contributed by atoms with Crippen molar-refractivity contribution in [3.8, 4) is 0 Å². The lowest BCUT2D eigenvalue weighted by molar-refractivity contribution is 0.633. The summed E-state index contributed by atoms with van der Waals surface area (Å²) >= 11 is 0. The molecule has 0 unspecified atom stereocenters. The summed E-state index contributed by atoms with van der Waals surface area (Å²) in [6.07, 6.45) is 5.76. The fourth-order valence-corrected chi connectivity index (χ4v) is 1.39. The molecule has 0 bridgehead atoms. The first-order valence-electron chi connectivity index (χ1n) is 5.06. The molecular formula is C11H16N2. The first kappa shape index (κ1) is 8.70. The van der Waals surface area contributed by atoms with Crippen molar-refractivity contribution in [2.75, 3.05) is 13.1 Å². The highest BCUT2D eigenvalue weighted by molar-refractivity contribution is 5.03. The van der Waals surface area contributed by atoms with E-state index in [1.54, 1.807) is 0 Å². The third-order valence-electron chi connectivity index (χ3n) is 2.41. The van der Waals surface area contributed by atoms with E-state index < -0.39 is 0 Å². The highest BCUT2D eigenvalue weighted by Gasteiger charge is 2.19. The quantitative estimate of drug-likeness (QED) is 0.690. The van der Waals surface area contributed by atoms with Crippen LogP contribution in [-0.4, -0.2) is 18.1 Å². The number of rotatable bonds is 5. The van der Waals surface area contributed by atoms with E-state index in [2.05, 4.69) is 16.4 Å². The zero-order chi connectivity index (χ0) is 8.93. The Morgan fingerprint density at radius 2 is 2.31 bits per heavy atom. The molecule has 13 heavy (non-hydrogen) atoms. The van der Waals surface area contributed by atoms with Gasteiger partial charge in [-0.1, -0.05) is 6.07 Å².